The van der Waals surface area contributed by atoms with Gasteiger partial charge in [0.25, 0.3) is 0 Å². The molecular weight excluding hydrogens is 446 g/mol. The molecule has 1 heterocycles. The molecule has 2 aliphatic carbocycles. The molecule has 4 heteroatoms. The van der Waals surface area contributed by atoms with Crippen molar-refractivity contribution in [1.29, 1.82) is 0 Å². The third-order valence-electron chi connectivity index (χ3n) is 10.9. The summed E-state index contributed by atoms with van der Waals surface area (Å²) in [5.41, 5.74) is -0.0540. The van der Waals surface area contributed by atoms with E-state index in [2.05, 4.69) is 56.0 Å². The molecule has 4 rings (SSSR count). The van der Waals surface area contributed by atoms with Gasteiger partial charge in [-0.3, -0.25) is 0 Å². The standard InChI is InChI=1S/C32H53NO3/c1-29(2)16-9-17-30(3)26(29)12-18-31(4,35)27(30)13-19-32(5,36)28(34)23-33-20-14-25(15-21-33)22-24-10-7-6-8-11-24/h6-8,10-11,25-28,34-36H,9,12-23H2,1-5H3/t26-,27-,28+,30+,31-,32-/m1/s1. The van der Waals surface area contributed by atoms with E-state index in [1.807, 2.05) is 13.8 Å². The number of aliphatic hydroxyl groups excluding tert-OH is 1. The molecule has 2 saturated carbocycles. The van der Waals surface area contributed by atoms with Crippen LogP contribution in [0.3, 0.4) is 0 Å². The van der Waals surface area contributed by atoms with E-state index in [0.717, 1.165) is 58.0 Å². The van der Waals surface area contributed by atoms with Crippen molar-refractivity contribution < 1.29 is 15.3 Å². The van der Waals surface area contributed by atoms with E-state index in [4.69, 9.17) is 0 Å². The highest BCUT2D eigenvalue weighted by Gasteiger charge is 2.58. The van der Waals surface area contributed by atoms with Crippen LogP contribution < -0.4 is 0 Å². The summed E-state index contributed by atoms with van der Waals surface area (Å²) in [6.45, 7) is 13.5. The van der Waals surface area contributed by atoms with Crippen molar-refractivity contribution in [2.75, 3.05) is 19.6 Å². The second-order valence-corrected chi connectivity index (χ2v) is 14.2. The van der Waals surface area contributed by atoms with Crippen LogP contribution in [0, 0.1) is 28.6 Å². The Hall–Kier alpha value is -0.940. The Morgan fingerprint density at radius 1 is 1.00 bits per heavy atom. The van der Waals surface area contributed by atoms with Crippen LogP contribution in [0.15, 0.2) is 30.3 Å². The molecule has 4 nitrogen and oxygen atoms in total. The zero-order valence-corrected chi connectivity index (χ0v) is 23.7. The predicted molar refractivity (Wildman–Crippen MR) is 148 cm³/mol. The van der Waals surface area contributed by atoms with Crippen LogP contribution in [0.1, 0.15) is 98.0 Å². The van der Waals surface area contributed by atoms with E-state index in [1.54, 1.807) is 0 Å². The molecule has 1 aliphatic heterocycles. The van der Waals surface area contributed by atoms with Gasteiger partial charge in [-0.05, 0) is 119 Å². The molecule has 0 radical (unpaired) electrons. The molecule has 0 unspecified atom stereocenters. The minimum Gasteiger partial charge on any atom is -0.390 e. The van der Waals surface area contributed by atoms with Crippen LogP contribution in [-0.4, -0.2) is 57.2 Å². The zero-order valence-electron chi connectivity index (χ0n) is 23.7. The summed E-state index contributed by atoms with van der Waals surface area (Å²) < 4.78 is 0. The summed E-state index contributed by atoms with van der Waals surface area (Å²) in [5.74, 6) is 1.45. The number of rotatable bonds is 8. The molecule has 0 bridgehead atoms. The Bertz CT molecular complexity index is 842. The first kappa shape index (κ1) is 28.1. The average Bonchev–Trinajstić information content (AvgIpc) is 2.79. The van der Waals surface area contributed by atoms with Crippen LogP contribution in [0.25, 0.3) is 0 Å². The van der Waals surface area contributed by atoms with E-state index in [9.17, 15) is 15.3 Å². The van der Waals surface area contributed by atoms with Gasteiger partial charge in [-0.2, -0.15) is 0 Å². The van der Waals surface area contributed by atoms with E-state index in [1.165, 1.54) is 18.4 Å². The number of fused-ring (bicyclic) bond motifs is 1. The Kier molecular flexibility index (Phi) is 8.32. The minimum absolute atomic E-state index is 0.0885. The largest absolute Gasteiger partial charge is 0.390 e. The Labute approximate surface area is 220 Å². The van der Waals surface area contributed by atoms with Crippen molar-refractivity contribution >= 4 is 0 Å². The molecular formula is C32H53NO3. The van der Waals surface area contributed by atoms with Crippen molar-refractivity contribution in [1.82, 2.24) is 4.90 Å². The summed E-state index contributed by atoms with van der Waals surface area (Å²) in [6.07, 6.45) is 9.50. The van der Waals surface area contributed by atoms with E-state index < -0.39 is 17.3 Å². The summed E-state index contributed by atoms with van der Waals surface area (Å²) in [6, 6.07) is 10.7. The number of likely N-dealkylation sites (tertiary alicyclic amines) is 1. The fourth-order valence-electron chi connectivity index (χ4n) is 8.63. The highest BCUT2D eigenvalue weighted by molar-refractivity contribution is 5.15. The molecule has 3 N–H and O–H groups in total. The molecule has 6 atom stereocenters. The molecule has 0 spiro atoms. The van der Waals surface area contributed by atoms with Gasteiger partial charge in [0.2, 0.25) is 0 Å². The van der Waals surface area contributed by atoms with E-state index in [0.29, 0.717) is 30.2 Å². The maximum atomic E-state index is 11.5. The number of piperidine rings is 1. The lowest BCUT2D eigenvalue weighted by atomic mass is 9.45. The van der Waals surface area contributed by atoms with Crippen molar-refractivity contribution in [3.05, 3.63) is 35.9 Å². The quantitative estimate of drug-likeness (QED) is 0.421. The molecule has 1 aromatic rings. The highest BCUT2D eigenvalue weighted by atomic mass is 16.3. The van der Waals surface area contributed by atoms with Crippen molar-refractivity contribution in [3.8, 4) is 0 Å². The number of benzene rings is 1. The van der Waals surface area contributed by atoms with Crippen LogP contribution >= 0.6 is 0 Å². The smallest absolute Gasteiger partial charge is 0.0950 e. The van der Waals surface area contributed by atoms with Crippen LogP contribution in [0.2, 0.25) is 0 Å². The summed E-state index contributed by atoms with van der Waals surface area (Å²) in [4.78, 5) is 2.33. The molecule has 1 saturated heterocycles. The molecule has 204 valence electrons. The van der Waals surface area contributed by atoms with Gasteiger partial charge in [-0.25, -0.2) is 0 Å². The van der Waals surface area contributed by atoms with Crippen molar-refractivity contribution in [2.24, 2.45) is 28.6 Å². The predicted octanol–water partition coefficient (Wildman–Crippen LogP) is 5.83. The minimum atomic E-state index is -1.15. The van der Waals surface area contributed by atoms with Crippen molar-refractivity contribution in [2.45, 2.75) is 116 Å². The van der Waals surface area contributed by atoms with Gasteiger partial charge in [0, 0.05) is 6.54 Å². The maximum absolute atomic E-state index is 11.5. The van der Waals surface area contributed by atoms with Gasteiger partial charge in [-0.15, -0.1) is 0 Å². The van der Waals surface area contributed by atoms with E-state index >= 15 is 0 Å². The molecule has 0 aromatic heterocycles. The number of β-amino-alcohol motifs (C(OH)–C–C–N with tert-alkyl or cyclic N) is 1. The maximum Gasteiger partial charge on any atom is 0.0950 e. The second-order valence-electron chi connectivity index (χ2n) is 14.2. The van der Waals surface area contributed by atoms with Gasteiger partial charge < -0.3 is 20.2 Å². The number of hydrogen-bond donors (Lipinski definition) is 3. The van der Waals surface area contributed by atoms with Crippen LogP contribution in [0.5, 0.6) is 0 Å². The molecule has 3 fully saturated rings. The topological polar surface area (TPSA) is 63.9 Å². The first-order valence-corrected chi connectivity index (χ1v) is 14.7. The van der Waals surface area contributed by atoms with Crippen LogP contribution in [0.4, 0.5) is 0 Å². The number of hydrogen-bond acceptors (Lipinski definition) is 4. The first-order chi connectivity index (χ1) is 16.8. The third kappa shape index (κ3) is 6.03. The second kappa shape index (κ2) is 10.7. The fraction of sp³-hybridized carbons (Fsp3) is 0.812. The van der Waals surface area contributed by atoms with E-state index in [-0.39, 0.29) is 11.3 Å². The normalized spacial score (nSPS) is 36.1. The van der Waals surface area contributed by atoms with Gasteiger partial charge in [0.15, 0.2) is 0 Å². The molecule has 3 aliphatic rings. The first-order valence-electron chi connectivity index (χ1n) is 14.7. The summed E-state index contributed by atoms with van der Waals surface area (Å²) >= 11 is 0. The van der Waals surface area contributed by atoms with Gasteiger partial charge in [0.05, 0.1) is 17.3 Å². The monoisotopic (exact) mass is 499 g/mol. The molecule has 1 aromatic carbocycles. The zero-order chi connectivity index (χ0) is 26.2. The van der Waals surface area contributed by atoms with Crippen molar-refractivity contribution in [3.63, 3.8) is 0 Å². The lowest BCUT2D eigenvalue weighted by Gasteiger charge is -2.61. The number of nitrogens with zero attached hydrogens (tertiary/aromatic N) is 1. The average molecular weight is 500 g/mol. The Balaban J connectivity index is 1.31. The molecule has 36 heavy (non-hydrogen) atoms. The number of aliphatic hydroxyl groups is 3. The Morgan fingerprint density at radius 3 is 2.33 bits per heavy atom. The van der Waals surface area contributed by atoms with Gasteiger partial charge >= 0.3 is 0 Å². The lowest BCUT2D eigenvalue weighted by Crippen LogP contribution is -2.58. The Morgan fingerprint density at radius 2 is 1.67 bits per heavy atom. The van der Waals surface area contributed by atoms with Gasteiger partial charge in [0.1, 0.15) is 0 Å². The van der Waals surface area contributed by atoms with Gasteiger partial charge in [-0.1, -0.05) is 57.5 Å². The molecule has 0 amide bonds. The van der Waals surface area contributed by atoms with Crippen LogP contribution in [-0.2, 0) is 6.42 Å². The summed E-state index contributed by atoms with van der Waals surface area (Å²) in [5, 5.41) is 34.0. The fourth-order valence-corrected chi connectivity index (χ4v) is 8.63. The lowest BCUT2D eigenvalue weighted by molar-refractivity contribution is -0.176. The third-order valence-corrected chi connectivity index (χ3v) is 10.9. The summed E-state index contributed by atoms with van der Waals surface area (Å²) in [7, 11) is 0. The highest BCUT2D eigenvalue weighted by Crippen LogP contribution is 2.63. The SMILES string of the molecule is CC1(C)CCC[C@@]2(C)[C@@H]1CC[C@@](C)(O)[C@@H]2CC[C@@](C)(O)[C@@H](O)CN1CCC(Cc2ccccc2)CC1.